The van der Waals surface area contributed by atoms with Crippen molar-refractivity contribution in [3.63, 3.8) is 0 Å². The van der Waals surface area contributed by atoms with Gasteiger partial charge in [-0.2, -0.15) is 0 Å². The predicted octanol–water partition coefficient (Wildman–Crippen LogP) is 2.82. The topological polar surface area (TPSA) is 24.2 Å². The monoisotopic (exact) mass is 251 g/mol. The highest BCUT2D eigenvalue weighted by atomic mass is 16.2. The summed E-state index contributed by atoms with van der Waals surface area (Å²) in [7, 11) is 2.03. The molecule has 0 unspecified atom stereocenters. The van der Waals surface area contributed by atoms with Gasteiger partial charge in [0, 0.05) is 18.1 Å². The van der Waals surface area contributed by atoms with Crippen molar-refractivity contribution in [2.45, 2.75) is 54.1 Å². The van der Waals surface area contributed by atoms with E-state index in [4.69, 9.17) is 0 Å². The van der Waals surface area contributed by atoms with Crippen LogP contribution in [-0.4, -0.2) is 10.8 Å². The number of carbonyl (C=O) groups is 1. The molecule has 0 bridgehead atoms. The van der Waals surface area contributed by atoms with Gasteiger partial charge in [0.15, 0.2) is 6.20 Å². The molecule has 3 nitrogen and oxygen atoms in total. The standard InChI is InChI=1S/C11H15N2O.2C2H6/c1-3-11(14)13-7-9-5-4-6-12(2)10(9)8-13;2*1-2/h4-6H,3,7-8H2,1-2H3;2*1-2H3/q+1;;. The van der Waals surface area contributed by atoms with Crippen LogP contribution in [0, 0.1) is 0 Å². The van der Waals surface area contributed by atoms with Crippen molar-refractivity contribution < 1.29 is 9.36 Å². The minimum atomic E-state index is 0.237. The maximum Gasteiger partial charge on any atom is 0.223 e. The van der Waals surface area contributed by atoms with Gasteiger partial charge in [-0.25, -0.2) is 4.57 Å². The number of carbonyl (C=O) groups excluding carboxylic acids is 1. The molecule has 0 N–H and O–H groups in total. The van der Waals surface area contributed by atoms with E-state index in [0.29, 0.717) is 6.42 Å². The molecular formula is C15H27N2O+. The molecule has 0 fully saturated rings. The number of nitrogens with zero attached hydrogens (tertiary/aromatic N) is 2. The summed E-state index contributed by atoms with van der Waals surface area (Å²) in [5, 5.41) is 0. The molecule has 0 atom stereocenters. The third-order valence-corrected chi connectivity index (χ3v) is 2.76. The van der Waals surface area contributed by atoms with Gasteiger partial charge in [-0.3, -0.25) is 4.79 Å². The molecule has 0 aliphatic carbocycles. The van der Waals surface area contributed by atoms with E-state index in [-0.39, 0.29) is 5.91 Å². The van der Waals surface area contributed by atoms with Gasteiger partial charge in [-0.05, 0) is 6.07 Å². The lowest BCUT2D eigenvalue weighted by atomic mass is 10.2. The van der Waals surface area contributed by atoms with Crippen molar-refractivity contribution in [3.8, 4) is 0 Å². The van der Waals surface area contributed by atoms with Gasteiger partial charge in [0.25, 0.3) is 0 Å². The fourth-order valence-electron chi connectivity index (χ4n) is 1.90. The van der Waals surface area contributed by atoms with E-state index in [1.165, 1.54) is 11.3 Å². The van der Waals surface area contributed by atoms with E-state index < -0.39 is 0 Å². The minimum Gasteiger partial charge on any atom is -0.328 e. The number of rotatable bonds is 1. The zero-order chi connectivity index (χ0) is 14.1. The highest BCUT2D eigenvalue weighted by Crippen LogP contribution is 2.19. The summed E-state index contributed by atoms with van der Waals surface area (Å²) in [5.74, 6) is 0.237. The lowest BCUT2D eigenvalue weighted by Gasteiger charge is -2.11. The number of hydrogen-bond donors (Lipinski definition) is 0. The number of pyridine rings is 1. The number of aromatic nitrogens is 1. The lowest BCUT2D eigenvalue weighted by Crippen LogP contribution is -2.34. The van der Waals surface area contributed by atoms with Crippen molar-refractivity contribution >= 4 is 5.91 Å². The summed E-state index contributed by atoms with van der Waals surface area (Å²) in [6, 6.07) is 4.12. The molecule has 3 heteroatoms. The maximum absolute atomic E-state index is 11.5. The molecule has 1 aromatic heterocycles. The van der Waals surface area contributed by atoms with Gasteiger partial charge < -0.3 is 4.90 Å². The van der Waals surface area contributed by atoms with E-state index in [9.17, 15) is 4.79 Å². The highest BCUT2D eigenvalue weighted by molar-refractivity contribution is 5.76. The van der Waals surface area contributed by atoms with Crippen LogP contribution in [0.5, 0.6) is 0 Å². The lowest BCUT2D eigenvalue weighted by molar-refractivity contribution is -0.679. The van der Waals surface area contributed by atoms with Crippen LogP contribution in [0.25, 0.3) is 0 Å². The Morgan fingerprint density at radius 3 is 2.39 bits per heavy atom. The molecule has 102 valence electrons. The average molecular weight is 251 g/mol. The number of amides is 1. The Kier molecular flexibility index (Phi) is 8.01. The molecule has 2 rings (SSSR count). The fourth-order valence-corrected chi connectivity index (χ4v) is 1.90. The number of hydrogen-bond acceptors (Lipinski definition) is 1. The van der Waals surface area contributed by atoms with E-state index in [1.54, 1.807) is 0 Å². The molecule has 1 aliphatic heterocycles. The van der Waals surface area contributed by atoms with Crippen LogP contribution in [0.3, 0.4) is 0 Å². The molecule has 0 saturated heterocycles. The third kappa shape index (κ3) is 3.83. The quantitative estimate of drug-likeness (QED) is 0.704. The first-order chi connectivity index (χ1) is 8.72. The Labute approximate surface area is 111 Å². The van der Waals surface area contributed by atoms with E-state index in [1.807, 2.05) is 58.8 Å². The van der Waals surface area contributed by atoms with Crippen LogP contribution in [-0.2, 0) is 24.9 Å². The summed E-state index contributed by atoms with van der Waals surface area (Å²) in [4.78, 5) is 13.4. The van der Waals surface area contributed by atoms with Gasteiger partial charge in [-0.15, -0.1) is 0 Å². The number of fused-ring (bicyclic) bond motifs is 1. The van der Waals surface area contributed by atoms with Crippen molar-refractivity contribution in [2.75, 3.05) is 0 Å². The largest absolute Gasteiger partial charge is 0.328 e. The van der Waals surface area contributed by atoms with Crippen molar-refractivity contribution in [1.82, 2.24) is 4.90 Å². The first kappa shape index (κ1) is 16.6. The van der Waals surface area contributed by atoms with Crippen molar-refractivity contribution in [1.29, 1.82) is 0 Å². The molecule has 2 heterocycles. The second-order valence-corrected chi connectivity index (χ2v) is 3.69. The molecule has 0 radical (unpaired) electrons. The summed E-state index contributed by atoms with van der Waals surface area (Å²) in [6.45, 7) is 11.4. The minimum absolute atomic E-state index is 0.237. The molecule has 0 saturated carbocycles. The van der Waals surface area contributed by atoms with Gasteiger partial charge in [0.1, 0.15) is 13.6 Å². The second-order valence-electron chi connectivity index (χ2n) is 3.69. The van der Waals surface area contributed by atoms with E-state index >= 15 is 0 Å². The van der Waals surface area contributed by atoms with Crippen LogP contribution < -0.4 is 4.57 Å². The molecule has 0 aromatic carbocycles. The second kappa shape index (κ2) is 8.67. The van der Waals surface area contributed by atoms with E-state index in [2.05, 4.69) is 10.6 Å². The van der Waals surface area contributed by atoms with Gasteiger partial charge in [-0.1, -0.05) is 34.6 Å². The molecule has 0 spiro atoms. The first-order valence-electron chi connectivity index (χ1n) is 6.96. The van der Waals surface area contributed by atoms with Crippen molar-refractivity contribution in [3.05, 3.63) is 29.6 Å². The summed E-state index contributed by atoms with van der Waals surface area (Å²) >= 11 is 0. The normalized spacial score (nSPS) is 11.8. The fraction of sp³-hybridized carbons (Fsp3) is 0.600. The van der Waals surface area contributed by atoms with Crippen LogP contribution in [0.2, 0.25) is 0 Å². The Hall–Kier alpha value is -1.38. The Balaban J connectivity index is 0.000000659. The molecule has 18 heavy (non-hydrogen) atoms. The molecule has 1 aromatic rings. The van der Waals surface area contributed by atoms with Gasteiger partial charge >= 0.3 is 0 Å². The summed E-state index contributed by atoms with van der Waals surface area (Å²) in [5.41, 5.74) is 2.53. The SMILES string of the molecule is CC.CC.CCC(=O)N1Cc2ccc[n+](C)c2C1. The first-order valence-corrected chi connectivity index (χ1v) is 6.96. The Morgan fingerprint density at radius 1 is 1.28 bits per heavy atom. The molecule has 1 aliphatic rings. The van der Waals surface area contributed by atoms with Gasteiger partial charge in [0.05, 0.1) is 6.54 Å². The highest BCUT2D eigenvalue weighted by Gasteiger charge is 2.27. The van der Waals surface area contributed by atoms with Crippen LogP contribution in [0.15, 0.2) is 18.3 Å². The predicted molar refractivity (Wildman–Crippen MR) is 74.9 cm³/mol. The van der Waals surface area contributed by atoms with Crippen LogP contribution >= 0.6 is 0 Å². The Morgan fingerprint density at radius 2 is 1.89 bits per heavy atom. The summed E-state index contributed by atoms with van der Waals surface area (Å²) in [6.07, 6.45) is 2.62. The Bertz CT molecular complexity index is 375. The van der Waals surface area contributed by atoms with Gasteiger partial charge in [0.2, 0.25) is 11.6 Å². The third-order valence-electron chi connectivity index (χ3n) is 2.76. The van der Waals surface area contributed by atoms with Crippen molar-refractivity contribution in [2.24, 2.45) is 7.05 Å². The average Bonchev–Trinajstić information content (AvgIpc) is 2.88. The number of aryl methyl sites for hydroxylation is 1. The maximum atomic E-state index is 11.5. The zero-order valence-electron chi connectivity index (χ0n) is 12.7. The molecule has 1 amide bonds. The van der Waals surface area contributed by atoms with E-state index in [0.717, 1.165) is 13.1 Å². The summed E-state index contributed by atoms with van der Waals surface area (Å²) < 4.78 is 2.10. The van der Waals surface area contributed by atoms with Crippen LogP contribution in [0.1, 0.15) is 52.3 Å². The smallest absolute Gasteiger partial charge is 0.223 e. The molecular weight excluding hydrogens is 224 g/mol. The zero-order valence-corrected chi connectivity index (χ0v) is 12.7. The van der Waals surface area contributed by atoms with Crippen LogP contribution in [0.4, 0.5) is 0 Å².